The lowest BCUT2D eigenvalue weighted by Crippen LogP contribution is -2.09. The fourth-order valence-corrected chi connectivity index (χ4v) is 2.37. The summed E-state index contributed by atoms with van der Waals surface area (Å²) in [6, 6.07) is 10.9. The van der Waals surface area contributed by atoms with Gasteiger partial charge in [0.15, 0.2) is 0 Å². The van der Waals surface area contributed by atoms with Crippen molar-refractivity contribution in [1.29, 1.82) is 0 Å². The minimum absolute atomic E-state index is 0.382. The Morgan fingerprint density at radius 2 is 1.86 bits per heavy atom. The first-order valence-electron chi connectivity index (χ1n) is 6.73. The molecular weight excluding hydrogens is 332 g/mol. The molecule has 0 atom stereocenters. The van der Waals surface area contributed by atoms with Gasteiger partial charge in [0, 0.05) is 0 Å². The number of ether oxygens (including phenoxy) is 2. The van der Waals surface area contributed by atoms with E-state index in [1.165, 1.54) is 0 Å². The van der Waals surface area contributed by atoms with Crippen LogP contribution in [0.3, 0.4) is 0 Å². The number of carbonyl (C=O) groups is 1. The average Bonchev–Trinajstić information content (AvgIpc) is 2.45. The van der Waals surface area contributed by atoms with E-state index in [0.717, 1.165) is 15.6 Å². The highest BCUT2D eigenvalue weighted by atomic mass is 79.9. The van der Waals surface area contributed by atoms with Gasteiger partial charge >= 0.3 is 5.97 Å². The van der Waals surface area contributed by atoms with Crippen LogP contribution in [0, 0.1) is 13.8 Å². The molecule has 0 saturated carbocycles. The second-order valence-electron chi connectivity index (χ2n) is 4.74. The second-order valence-corrected chi connectivity index (χ2v) is 5.59. The first-order valence-corrected chi connectivity index (χ1v) is 7.52. The summed E-state index contributed by atoms with van der Waals surface area (Å²) in [6.07, 6.45) is 0. The van der Waals surface area contributed by atoms with Gasteiger partial charge < -0.3 is 9.47 Å². The van der Waals surface area contributed by atoms with Crippen LogP contribution in [0.15, 0.2) is 40.9 Å². The summed E-state index contributed by atoms with van der Waals surface area (Å²) >= 11 is 3.40. The monoisotopic (exact) mass is 348 g/mol. The van der Waals surface area contributed by atoms with Gasteiger partial charge in [-0.05, 0) is 72.1 Å². The van der Waals surface area contributed by atoms with Crippen molar-refractivity contribution >= 4 is 21.9 Å². The first kappa shape index (κ1) is 15.6. The molecule has 2 aromatic carbocycles. The molecule has 110 valence electrons. The van der Waals surface area contributed by atoms with Crippen LogP contribution >= 0.6 is 15.9 Å². The molecular formula is C17H17BrO3. The molecule has 0 amide bonds. The maximum atomic E-state index is 12.2. The number of carbonyl (C=O) groups excluding carboxylic acids is 1. The molecule has 3 nitrogen and oxygen atoms in total. The molecule has 0 saturated heterocycles. The van der Waals surface area contributed by atoms with E-state index in [2.05, 4.69) is 15.9 Å². The molecule has 21 heavy (non-hydrogen) atoms. The molecule has 0 spiro atoms. The highest BCUT2D eigenvalue weighted by Crippen LogP contribution is 2.27. The van der Waals surface area contributed by atoms with E-state index in [0.29, 0.717) is 23.7 Å². The lowest BCUT2D eigenvalue weighted by molar-refractivity contribution is 0.0733. The van der Waals surface area contributed by atoms with Crippen molar-refractivity contribution in [1.82, 2.24) is 0 Å². The Labute approximate surface area is 133 Å². The van der Waals surface area contributed by atoms with Gasteiger partial charge in [-0.1, -0.05) is 12.1 Å². The van der Waals surface area contributed by atoms with E-state index >= 15 is 0 Å². The quantitative estimate of drug-likeness (QED) is 0.594. The van der Waals surface area contributed by atoms with Gasteiger partial charge in [-0.15, -0.1) is 0 Å². The Balaban J connectivity index is 2.20. The molecule has 0 aliphatic carbocycles. The Morgan fingerprint density at radius 3 is 2.52 bits per heavy atom. The topological polar surface area (TPSA) is 35.5 Å². The Hall–Kier alpha value is -1.81. The predicted octanol–water partition coefficient (Wildman–Crippen LogP) is 4.68. The Bertz CT molecular complexity index is 665. The molecule has 0 aromatic heterocycles. The van der Waals surface area contributed by atoms with Crippen LogP contribution in [0.25, 0.3) is 0 Å². The summed E-state index contributed by atoms with van der Waals surface area (Å²) in [5.74, 6) is 0.915. The third kappa shape index (κ3) is 3.85. The summed E-state index contributed by atoms with van der Waals surface area (Å²) < 4.78 is 11.6. The van der Waals surface area contributed by atoms with Crippen molar-refractivity contribution in [2.24, 2.45) is 0 Å². The molecule has 2 aromatic rings. The zero-order chi connectivity index (χ0) is 15.4. The fraction of sp³-hybridized carbons (Fsp3) is 0.235. The van der Waals surface area contributed by atoms with E-state index in [-0.39, 0.29) is 5.97 Å². The largest absolute Gasteiger partial charge is 0.493 e. The van der Waals surface area contributed by atoms with Gasteiger partial charge in [0.2, 0.25) is 0 Å². The minimum atomic E-state index is -0.382. The van der Waals surface area contributed by atoms with E-state index in [4.69, 9.17) is 9.47 Å². The molecule has 2 rings (SSSR count). The number of rotatable bonds is 4. The van der Waals surface area contributed by atoms with Crippen molar-refractivity contribution in [2.45, 2.75) is 20.8 Å². The van der Waals surface area contributed by atoms with Gasteiger partial charge in [-0.25, -0.2) is 4.79 Å². The van der Waals surface area contributed by atoms with Crippen molar-refractivity contribution < 1.29 is 14.3 Å². The molecule has 4 heteroatoms. The molecule has 0 heterocycles. The van der Waals surface area contributed by atoms with E-state index < -0.39 is 0 Å². The van der Waals surface area contributed by atoms with Gasteiger partial charge in [0.05, 0.1) is 16.6 Å². The standard InChI is InChI=1S/C17H17BrO3/c1-4-20-15-8-7-13(10-14(15)18)17(19)21-16-9-11(2)5-6-12(16)3/h5-10H,4H2,1-3H3. The highest BCUT2D eigenvalue weighted by Gasteiger charge is 2.12. The Morgan fingerprint density at radius 1 is 1.10 bits per heavy atom. The van der Waals surface area contributed by atoms with Crippen molar-refractivity contribution in [2.75, 3.05) is 6.61 Å². The van der Waals surface area contributed by atoms with Crippen LogP contribution in [0.4, 0.5) is 0 Å². The second kappa shape index (κ2) is 6.76. The lowest BCUT2D eigenvalue weighted by atomic mass is 10.1. The molecule has 0 unspecified atom stereocenters. The third-order valence-electron chi connectivity index (χ3n) is 3.01. The maximum Gasteiger partial charge on any atom is 0.343 e. The number of hydrogen-bond acceptors (Lipinski definition) is 3. The van der Waals surface area contributed by atoms with Crippen molar-refractivity contribution in [3.05, 3.63) is 57.6 Å². The normalized spacial score (nSPS) is 10.3. The van der Waals surface area contributed by atoms with Gasteiger partial charge in [0.1, 0.15) is 11.5 Å². The summed E-state index contributed by atoms with van der Waals surface area (Å²) in [5.41, 5.74) is 2.46. The zero-order valence-electron chi connectivity index (χ0n) is 12.3. The molecule has 0 fully saturated rings. The van der Waals surface area contributed by atoms with Crippen molar-refractivity contribution in [3.63, 3.8) is 0 Å². The van der Waals surface area contributed by atoms with Crippen LogP contribution in [0.5, 0.6) is 11.5 Å². The van der Waals surface area contributed by atoms with Crippen LogP contribution < -0.4 is 9.47 Å². The molecule has 0 aliphatic heterocycles. The fourth-order valence-electron chi connectivity index (χ4n) is 1.88. The average molecular weight is 349 g/mol. The number of esters is 1. The summed E-state index contributed by atoms with van der Waals surface area (Å²) in [5, 5.41) is 0. The van der Waals surface area contributed by atoms with Crippen molar-refractivity contribution in [3.8, 4) is 11.5 Å². The van der Waals surface area contributed by atoms with Crippen LogP contribution in [0.2, 0.25) is 0 Å². The van der Waals surface area contributed by atoms with Gasteiger partial charge in [-0.3, -0.25) is 0 Å². The van der Waals surface area contributed by atoms with Crippen LogP contribution in [-0.4, -0.2) is 12.6 Å². The third-order valence-corrected chi connectivity index (χ3v) is 3.63. The predicted molar refractivity (Wildman–Crippen MR) is 86.2 cm³/mol. The van der Waals surface area contributed by atoms with E-state index in [9.17, 15) is 4.79 Å². The summed E-state index contributed by atoms with van der Waals surface area (Å²) in [7, 11) is 0. The molecule has 0 N–H and O–H groups in total. The summed E-state index contributed by atoms with van der Waals surface area (Å²) in [6.45, 7) is 6.36. The van der Waals surface area contributed by atoms with E-state index in [1.807, 2.05) is 39.0 Å². The van der Waals surface area contributed by atoms with E-state index in [1.54, 1.807) is 18.2 Å². The summed E-state index contributed by atoms with van der Waals surface area (Å²) in [4.78, 5) is 12.2. The van der Waals surface area contributed by atoms with Gasteiger partial charge in [-0.2, -0.15) is 0 Å². The van der Waals surface area contributed by atoms with Crippen LogP contribution in [0.1, 0.15) is 28.4 Å². The number of halogens is 1. The Kier molecular flexibility index (Phi) is 5.02. The number of benzene rings is 2. The SMILES string of the molecule is CCOc1ccc(C(=O)Oc2cc(C)ccc2C)cc1Br. The minimum Gasteiger partial charge on any atom is -0.493 e. The van der Waals surface area contributed by atoms with Gasteiger partial charge in [0.25, 0.3) is 0 Å². The van der Waals surface area contributed by atoms with Crippen LogP contribution in [-0.2, 0) is 0 Å². The molecule has 0 aliphatic rings. The number of aryl methyl sites for hydroxylation is 2. The lowest BCUT2D eigenvalue weighted by Gasteiger charge is -2.10. The molecule has 0 bridgehead atoms. The number of hydrogen-bond donors (Lipinski definition) is 0. The first-order chi connectivity index (χ1) is 10.0. The zero-order valence-corrected chi connectivity index (χ0v) is 13.9. The smallest absolute Gasteiger partial charge is 0.343 e. The molecule has 0 radical (unpaired) electrons. The maximum absolute atomic E-state index is 12.2. The highest BCUT2D eigenvalue weighted by molar-refractivity contribution is 9.10.